The van der Waals surface area contributed by atoms with E-state index in [1.54, 1.807) is 11.3 Å². The van der Waals surface area contributed by atoms with Crippen LogP contribution in [0.1, 0.15) is 51.2 Å². The molecule has 1 rings (SSSR count). The highest BCUT2D eigenvalue weighted by atomic mass is 32.1. The van der Waals surface area contributed by atoms with E-state index in [-0.39, 0.29) is 5.60 Å². The summed E-state index contributed by atoms with van der Waals surface area (Å²) in [6.07, 6.45) is 1.96. The summed E-state index contributed by atoms with van der Waals surface area (Å²) < 4.78 is 5.96. The molecule has 98 valence electrons. The predicted molar refractivity (Wildman–Crippen MR) is 73.4 cm³/mol. The third kappa shape index (κ3) is 3.50. The van der Waals surface area contributed by atoms with E-state index in [9.17, 15) is 0 Å². The molecule has 0 aliphatic rings. The number of thiazole rings is 1. The van der Waals surface area contributed by atoms with Gasteiger partial charge in [-0.1, -0.05) is 20.8 Å². The zero-order chi connectivity index (χ0) is 12.7. The lowest BCUT2D eigenvalue weighted by atomic mass is 9.98. The molecular weight excluding hydrogens is 232 g/mol. The normalized spacial score (nSPS) is 12.0. The molecule has 0 aliphatic heterocycles. The average molecular weight is 256 g/mol. The minimum absolute atomic E-state index is 0.177. The molecule has 0 radical (unpaired) electrons. The first-order valence-electron chi connectivity index (χ1n) is 6.51. The predicted octanol–water partition coefficient (Wildman–Crippen LogP) is 3.30. The van der Waals surface area contributed by atoms with Gasteiger partial charge in [0.15, 0.2) is 0 Å². The second-order valence-electron chi connectivity index (χ2n) is 4.06. The molecule has 0 bridgehead atoms. The molecule has 0 amide bonds. The summed E-state index contributed by atoms with van der Waals surface area (Å²) in [6.45, 7) is 11.1. The van der Waals surface area contributed by atoms with Crippen molar-refractivity contribution in [3.8, 4) is 0 Å². The first kappa shape index (κ1) is 14.6. The number of hydrogen-bond donors (Lipinski definition) is 1. The van der Waals surface area contributed by atoms with Crippen molar-refractivity contribution in [1.82, 2.24) is 10.3 Å². The highest BCUT2D eigenvalue weighted by Gasteiger charge is 2.32. The SMILES string of the molecule is CCNCc1csc(C(CC)(CC)OCC)n1. The largest absolute Gasteiger partial charge is 0.368 e. The average Bonchev–Trinajstić information content (AvgIpc) is 2.83. The van der Waals surface area contributed by atoms with Crippen LogP contribution < -0.4 is 5.32 Å². The van der Waals surface area contributed by atoms with Crippen molar-refractivity contribution in [2.75, 3.05) is 13.2 Å². The summed E-state index contributed by atoms with van der Waals surface area (Å²) in [6, 6.07) is 0. The number of ether oxygens (including phenoxy) is 1. The van der Waals surface area contributed by atoms with Crippen molar-refractivity contribution in [2.45, 2.75) is 52.7 Å². The van der Waals surface area contributed by atoms with Crippen LogP contribution in [-0.4, -0.2) is 18.1 Å². The van der Waals surface area contributed by atoms with E-state index >= 15 is 0 Å². The second kappa shape index (κ2) is 7.09. The molecule has 0 unspecified atom stereocenters. The third-order valence-corrected chi connectivity index (χ3v) is 4.14. The summed E-state index contributed by atoms with van der Waals surface area (Å²) >= 11 is 1.72. The van der Waals surface area contributed by atoms with Gasteiger partial charge in [-0.25, -0.2) is 4.98 Å². The Morgan fingerprint density at radius 1 is 1.29 bits per heavy atom. The summed E-state index contributed by atoms with van der Waals surface area (Å²) in [5, 5.41) is 6.56. The van der Waals surface area contributed by atoms with Gasteiger partial charge < -0.3 is 10.1 Å². The van der Waals surface area contributed by atoms with E-state index < -0.39 is 0 Å². The number of rotatable bonds is 8. The topological polar surface area (TPSA) is 34.1 Å². The number of aromatic nitrogens is 1. The third-order valence-electron chi connectivity index (χ3n) is 3.06. The molecule has 1 aromatic rings. The molecule has 1 heterocycles. The Morgan fingerprint density at radius 2 is 2.00 bits per heavy atom. The summed E-state index contributed by atoms with van der Waals surface area (Å²) in [5.74, 6) is 0. The number of nitrogens with zero attached hydrogens (tertiary/aromatic N) is 1. The van der Waals surface area contributed by atoms with Crippen LogP contribution in [0.4, 0.5) is 0 Å². The van der Waals surface area contributed by atoms with Crippen LogP contribution in [-0.2, 0) is 16.9 Å². The van der Waals surface area contributed by atoms with Crippen molar-refractivity contribution >= 4 is 11.3 Å². The van der Waals surface area contributed by atoms with Crippen molar-refractivity contribution in [2.24, 2.45) is 0 Å². The molecule has 0 saturated heterocycles. The molecule has 4 heteroatoms. The Labute approximate surface area is 109 Å². The van der Waals surface area contributed by atoms with E-state index in [1.165, 1.54) is 0 Å². The summed E-state index contributed by atoms with van der Waals surface area (Å²) in [7, 11) is 0. The lowest BCUT2D eigenvalue weighted by molar-refractivity contribution is -0.0507. The Bertz CT molecular complexity index is 321. The van der Waals surface area contributed by atoms with E-state index in [2.05, 4.69) is 31.5 Å². The maximum absolute atomic E-state index is 5.96. The van der Waals surface area contributed by atoms with E-state index in [4.69, 9.17) is 9.72 Å². The molecule has 0 saturated carbocycles. The molecule has 1 aromatic heterocycles. The van der Waals surface area contributed by atoms with Gasteiger partial charge in [-0.2, -0.15) is 0 Å². The highest BCUT2D eigenvalue weighted by molar-refractivity contribution is 7.09. The molecule has 0 aliphatic carbocycles. The zero-order valence-corrected chi connectivity index (χ0v) is 12.2. The van der Waals surface area contributed by atoms with E-state index in [0.717, 1.165) is 43.2 Å². The van der Waals surface area contributed by atoms with Crippen molar-refractivity contribution in [3.05, 3.63) is 16.1 Å². The monoisotopic (exact) mass is 256 g/mol. The van der Waals surface area contributed by atoms with Crippen LogP contribution in [0.25, 0.3) is 0 Å². The van der Waals surface area contributed by atoms with E-state index in [0.29, 0.717) is 0 Å². The summed E-state index contributed by atoms with van der Waals surface area (Å²) in [5.41, 5.74) is 0.946. The van der Waals surface area contributed by atoms with Gasteiger partial charge in [0, 0.05) is 18.5 Å². The van der Waals surface area contributed by atoms with Crippen LogP contribution >= 0.6 is 11.3 Å². The molecule has 3 nitrogen and oxygen atoms in total. The second-order valence-corrected chi connectivity index (χ2v) is 4.92. The highest BCUT2D eigenvalue weighted by Crippen LogP contribution is 2.35. The Balaban J connectivity index is 2.83. The van der Waals surface area contributed by atoms with Crippen molar-refractivity contribution in [3.63, 3.8) is 0 Å². The number of nitrogens with one attached hydrogen (secondary N) is 1. The first-order chi connectivity index (χ1) is 8.22. The first-order valence-corrected chi connectivity index (χ1v) is 7.39. The Hall–Kier alpha value is -0.450. The molecule has 0 fully saturated rings. The van der Waals surface area contributed by atoms with Crippen LogP contribution in [0.2, 0.25) is 0 Å². The maximum Gasteiger partial charge on any atom is 0.125 e. The van der Waals surface area contributed by atoms with Gasteiger partial charge in [-0.15, -0.1) is 11.3 Å². The van der Waals surface area contributed by atoms with Gasteiger partial charge >= 0.3 is 0 Å². The van der Waals surface area contributed by atoms with Gasteiger partial charge in [0.1, 0.15) is 10.6 Å². The fraction of sp³-hybridized carbons (Fsp3) is 0.769. The molecule has 17 heavy (non-hydrogen) atoms. The summed E-state index contributed by atoms with van der Waals surface area (Å²) in [4.78, 5) is 4.71. The van der Waals surface area contributed by atoms with Gasteiger partial charge in [-0.3, -0.25) is 0 Å². The van der Waals surface area contributed by atoms with Crippen LogP contribution in [0.3, 0.4) is 0 Å². The van der Waals surface area contributed by atoms with Crippen LogP contribution in [0, 0.1) is 0 Å². The molecule has 1 N–H and O–H groups in total. The minimum Gasteiger partial charge on any atom is -0.368 e. The van der Waals surface area contributed by atoms with Gasteiger partial charge in [-0.05, 0) is 26.3 Å². The van der Waals surface area contributed by atoms with Crippen molar-refractivity contribution < 1.29 is 4.74 Å². The van der Waals surface area contributed by atoms with Crippen molar-refractivity contribution in [1.29, 1.82) is 0 Å². The van der Waals surface area contributed by atoms with Gasteiger partial charge in [0.05, 0.1) is 5.69 Å². The molecular formula is C13H24N2OS. The van der Waals surface area contributed by atoms with E-state index in [1.807, 2.05) is 6.92 Å². The van der Waals surface area contributed by atoms with Gasteiger partial charge in [0.2, 0.25) is 0 Å². The lowest BCUT2D eigenvalue weighted by Crippen LogP contribution is -2.28. The Morgan fingerprint density at radius 3 is 2.53 bits per heavy atom. The smallest absolute Gasteiger partial charge is 0.125 e. The fourth-order valence-electron chi connectivity index (χ4n) is 1.95. The standard InChI is InChI=1S/C13H24N2OS/c1-5-13(6-2,16-8-4)12-15-11(10-17-12)9-14-7-3/h10,14H,5-9H2,1-4H3. The lowest BCUT2D eigenvalue weighted by Gasteiger charge is -2.29. The van der Waals surface area contributed by atoms with Crippen LogP contribution in [0.5, 0.6) is 0 Å². The molecule has 0 spiro atoms. The zero-order valence-electron chi connectivity index (χ0n) is 11.4. The molecule has 0 aromatic carbocycles. The Kier molecular flexibility index (Phi) is 6.09. The number of hydrogen-bond acceptors (Lipinski definition) is 4. The quantitative estimate of drug-likeness (QED) is 0.775. The fourth-order valence-corrected chi connectivity index (χ4v) is 3.06. The minimum atomic E-state index is -0.177. The molecule has 0 atom stereocenters. The van der Waals surface area contributed by atoms with Gasteiger partial charge in [0.25, 0.3) is 0 Å². The maximum atomic E-state index is 5.96. The van der Waals surface area contributed by atoms with Crippen LogP contribution in [0.15, 0.2) is 5.38 Å².